The normalized spacial score (nSPS) is 42.4. The van der Waals surface area contributed by atoms with Gasteiger partial charge in [0.25, 0.3) is 0 Å². The van der Waals surface area contributed by atoms with Crippen molar-refractivity contribution >= 4 is 9.84 Å². The smallest absolute Gasteiger partial charge is 0.156 e. The Balaban J connectivity index is 2.15. The van der Waals surface area contributed by atoms with E-state index < -0.39 is 15.4 Å². The van der Waals surface area contributed by atoms with Gasteiger partial charge in [-0.25, -0.2) is 8.42 Å². The van der Waals surface area contributed by atoms with E-state index in [1.54, 1.807) is 0 Å². The van der Waals surface area contributed by atoms with Gasteiger partial charge in [0.1, 0.15) is 0 Å². The molecule has 2 unspecified atom stereocenters. The van der Waals surface area contributed by atoms with Crippen LogP contribution in [0.25, 0.3) is 0 Å². The summed E-state index contributed by atoms with van der Waals surface area (Å²) < 4.78 is 23.5. The molecule has 84 valence electrons. The fourth-order valence-corrected chi connectivity index (χ4v) is 5.39. The van der Waals surface area contributed by atoms with Crippen LogP contribution in [-0.2, 0) is 9.84 Å². The standard InChI is InChI=1S/C10H15NO3S/c11-5-1-4-10(12)6-8-2-3-9(7-10)15(8,13)14/h8-9,12H,1-4,6-7H2. The third-order valence-corrected chi connectivity index (χ3v) is 6.32. The lowest BCUT2D eigenvalue weighted by atomic mass is 9.89. The molecule has 0 amide bonds. The maximum Gasteiger partial charge on any atom is 0.156 e. The predicted octanol–water partition coefficient (Wildman–Crippen LogP) is 0.761. The van der Waals surface area contributed by atoms with Crippen LogP contribution in [0.1, 0.15) is 38.5 Å². The number of hydrogen-bond acceptors (Lipinski definition) is 4. The van der Waals surface area contributed by atoms with Gasteiger partial charge >= 0.3 is 0 Å². The Morgan fingerprint density at radius 1 is 1.33 bits per heavy atom. The molecule has 2 rings (SSSR count). The Kier molecular flexibility index (Phi) is 2.52. The summed E-state index contributed by atoms with van der Waals surface area (Å²) in [5.74, 6) is 0. The molecule has 0 aromatic rings. The summed E-state index contributed by atoms with van der Waals surface area (Å²) in [6.45, 7) is 0. The molecule has 2 atom stereocenters. The van der Waals surface area contributed by atoms with E-state index in [0.717, 1.165) is 0 Å². The number of nitrogens with zero attached hydrogens (tertiary/aromatic N) is 1. The number of rotatable bonds is 2. The van der Waals surface area contributed by atoms with Crippen molar-refractivity contribution in [2.24, 2.45) is 0 Å². The number of hydrogen-bond donors (Lipinski definition) is 1. The summed E-state index contributed by atoms with van der Waals surface area (Å²) in [7, 11) is -2.97. The fraction of sp³-hybridized carbons (Fsp3) is 0.900. The number of aliphatic hydroxyl groups is 1. The maximum absolute atomic E-state index is 11.8. The van der Waals surface area contributed by atoms with Gasteiger partial charge in [-0.15, -0.1) is 0 Å². The van der Waals surface area contributed by atoms with Crippen LogP contribution in [0.4, 0.5) is 0 Å². The van der Waals surface area contributed by atoms with Crippen molar-refractivity contribution in [2.75, 3.05) is 0 Å². The molecule has 0 aromatic heterocycles. The second-order valence-electron chi connectivity index (χ2n) is 4.70. The van der Waals surface area contributed by atoms with Crippen molar-refractivity contribution < 1.29 is 13.5 Å². The summed E-state index contributed by atoms with van der Waals surface area (Å²) in [4.78, 5) is 0. The second-order valence-corrected chi connectivity index (χ2v) is 7.21. The minimum absolute atomic E-state index is 0.302. The van der Waals surface area contributed by atoms with Crippen LogP contribution in [0, 0.1) is 11.3 Å². The van der Waals surface area contributed by atoms with E-state index in [1.807, 2.05) is 6.07 Å². The van der Waals surface area contributed by atoms with Crippen molar-refractivity contribution in [2.45, 2.75) is 54.6 Å². The van der Waals surface area contributed by atoms with Crippen molar-refractivity contribution in [3.8, 4) is 6.07 Å². The molecule has 0 saturated carbocycles. The van der Waals surface area contributed by atoms with Crippen molar-refractivity contribution in [1.29, 1.82) is 5.26 Å². The average Bonchev–Trinajstić information content (AvgIpc) is 2.40. The number of fused-ring (bicyclic) bond motifs is 2. The topological polar surface area (TPSA) is 78.2 Å². The molecule has 0 aliphatic carbocycles. The Bertz CT molecular complexity index is 375. The van der Waals surface area contributed by atoms with Crippen LogP contribution < -0.4 is 0 Å². The minimum atomic E-state index is -2.97. The van der Waals surface area contributed by atoms with Crippen molar-refractivity contribution in [1.82, 2.24) is 0 Å². The van der Waals surface area contributed by atoms with Crippen molar-refractivity contribution in [3.05, 3.63) is 0 Å². The fourth-order valence-electron chi connectivity index (χ4n) is 2.83. The molecule has 2 saturated heterocycles. The third kappa shape index (κ3) is 1.77. The first kappa shape index (κ1) is 10.9. The van der Waals surface area contributed by atoms with Gasteiger partial charge in [-0.1, -0.05) is 0 Å². The van der Waals surface area contributed by atoms with Crippen LogP contribution in [0.2, 0.25) is 0 Å². The number of sulfone groups is 1. The van der Waals surface area contributed by atoms with Gasteiger partial charge in [0, 0.05) is 6.42 Å². The Hall–Kier alpha value is -0.600. The molecule has 2 aliphatic rings. The molecule has 0 aromatic carbocycles. The lowest BCUT2D eigenvalue weighted by Gasteiger charge is -2.35. The van der Waals surface area contributed by atoms with Crippen LogP contribution in [0.3, 0.4) is 0 Å². The minimum Gasteiger partial charge on any atom is -0.390 e. The molecule has 2 heterocycles. The lowest BCUT2D eigenvalue weighted by molar-refractivity contribution is 0.0145. The molecule has 0 spiro atoms. The van der Waals surface area contributed by atoms with Crippen LogP contribution in [0.5, 0.6) is 0 Å². The summed E-state index contributed by atoms with van der Waals surface area (Å²) in [5, 5.41) is 18.0. The SMILES string of the molecule is N#CCCC1(O)CC2CCC(C1)S2(=O)=O. The van der Waals surface area contributed by atoms with E-state index in [-0.39, 0.29) is 10.5 Å². The van der Waals surface area contributed by atoms with Crippen molar-refractivity contribution in [3.63, 3.8) is 0 Å². The first-order valence-electron chi connectivity index (χ1n) is 5.30. The monoisotopic (exact) mass is 229 g/mol. The molecule has 0 radical (unpaired) electrons. The number of nitriles is 1. The molecule has 2 fully saturated rings. The largest absolute Gasteiger partial charge is 0.390 e. The summed E-state index contributed by atoms with van der Waals surface area (Å²) in [6.07, 6.45) is 2.73. The van der Waals surface area contributed by atoms with Crippen LogP contribution in [0.15, 0.2) is 0 Å². The molecule has 2 bridgehead atoms. The second kappa shape index (κ2) is 3.46. The van der Waals surface area contributed by atoms with Gasteiger partial charge in [-0.2, -0.15) is 5.26 Å². The highest BCUT2D eigenvalue weighted by Gasteiger charge is 2.52. The molecule has 1 N–H and O–H groups in total. The summed E-state index contributed by atoms with van der Waals surface area (Å²) in [5.41, 5.74) is -0.910. The Morgan fingerprint density at radius 2 is 1.87 bits per heavy atom. The quantitative estimate of drug-likeness (QED) is 0.758. The third-order valence-electron chi connectivity index (χ3n) is 3.66. The van der Waals surface area contributed by atoms with E-state index in [9.17, 15) is 13.5 Å². The van der Waals surface area contributed by atoms with Gasteiger partial charge < -0.3 is 5.11 Å². The molecule has 4 nitrogen and oxygen atoms in total. The van der Waals surface area contributed by atoms with Crippen LogP contribution in [-0.4, -0.2) is 29.6 Å². The van der Waals surface area contributed by atoms with Gasteiger partial charge in [0.2, 0.25) is 0 Å². The zero-order valence-electron chi connectivity index (χ0n) is 8.52. The van der Waals surface area contributed by atoms with Gasteiger partial charge in [0.05, 0.1) is 22.2 Å². The van der Waals surface area contributed by atoms with Gasteiger partial charge in [0.15, 0.2) is 9.84 Å². The Morgan fingerprint density at radius 3 is 2.33 bits per heavy atom. The van der Waals surface area contributed by atoms with E-state index in [2.05, 4.69) is 0 Å². The van der Waals surface area contributed by atoms with E-state index >= 15 is 0 Å². The molecule has 15 heavy (non-hydrogen) atoms. The zero-order valence-corrected chi connectivity index (χ0v) is 9.33. The molecule has 5 heteroatoms. The van der Waals surface area contributed by atoms with Gasteiger partial charge in [-0.3, -0.25) is 0 Å². The van der Waals surface area contributed by atoms with Crippen LogP contribution >= 0.6 is 0 Å². The summed E-state index contributed by atoms with van der Waals surface area (Å²) in [6, 6.07) is 2.00. The van der Waals surface area contributed by atoms with E-state index in [0.29, 0.717) is 38.5 Å². The van der Waals surface area contributed by atoms with Gasteiger partial charge in [-0.05, 0) is 32.1 Å². The molecular formula is C10H15NO3S. The highest BCUT2D eigenvalue weighted by Crippen LogP contribution is 2.44. The van der Waals surface area contributed by atoms with E-state index in [4.69, 9.17) is 5.26 Å². The molecule has 2 aliphatic heterocycles. The highest BCUT2D eigenvalue weighted by molar-refractivity contribution is 7.93. The first-order valence-corrected chi connectivity index (χ1v) is 6.91. The molecular weight excluding hydrogens is 214 g/mol. The predicted molar refractivity (Wildman–Crippen MR) is 54.8 cm³/mol. The highest BCUT2D eigenvalue weighted by atomic mass is 32.2. The zero-order chi connectivity index (χ0) is 11.1. The van der Waals surface area contributed by atoms with E-state index in [1.165, 1.54) is 0 Å². The average molecular weight is 229 g/mol. The summed E-state index contributed by atoms with van der Waals surface area (Å²) >= 11 is 0. The first-order chi connectivity index (χ1) is 6.98. The lowest BCUT2D eigenvalue weighted by Crippen LogP contribution is -2.44. The Labute approximate surface area is 89.8 Å². The maximum atomic E-state index is 11.8.